The SMILES string of the molecule is Cc1ccccc1C(=O)N1CCN(CC(=O)N2CC(C)CC(C)C2)CC1. The van der Waals surface area contributed by atoms with E-state index in [4.69, 9.17) is 0 Å². The van der Waals surface area contributed by atoms with Gasteiger partial charge in [-0.25, -0.2) is 0 Å². The van der Waals surface area contributed by atoms with E-state index in [1.807, 2.05) is 41.0 Å². The van der Waals surface area contributed by atoms with Crippen molar-refractivity contribution in [3.63, 3.8) is 0 Å². The number of carbonyl (C=O) groups excluding carboxylic acids is 2. The zero-order valence-corrected chi connectivity index (χ0v) is 16.3. The largest absolute Gasteiger partial charge is 0.341 e. The number of likely N-dealkylation sites (tertiary alicyclic amines) is 1. The van der Waals surface area contributed by atoms with E-state index in [1.165, 1.54) is 6.42 Å². The van der Waals surface area contributed by atoms with Crippen molar-refractivity contribution in [3.05, 3.63) is 35.4 Å². The summed E-state index contributed by atoms with van der Waals surface area (Å²) < 4.78 is 0. The number of hydrogen-bond donors (Lipinski definition) is 0. The Morgan fingerprint density at radius 2 is 1.58 bits per heavy atom. The number of amides is 2. The van der Waals surface area contributed by atoms with Gasteiger partial charge in [-0.2, -0.15) is 0 Å². The van der Waals surface area contributed by atoms with Gasteiger partial charge in [0.05, 0.1) is 6.54 Å². The lowest BCUT2D eigenvalue weighted by Gasteiger charge is -2.38. The highest BCUT2D eigenvalue weighted by Gasteiger charge is 2.28. The summed E-state index contributed by atoms with van der Waals surface area (Å²) in [5, 5.41) is 0. The predicted octanol–water partition coefficient (Wildman–Crippen LogP) is 2.26. The Morgan fingerprint density at radius 3 is 2.19 bits per heavy atom. The van der Waals surface area contributed by atoms with E-state index in [0.717, 1.165) is 37.3 Å². The molecule has 2 fully saturated rings. The van der Waals surface area contributed by atoms with Crippen molar-refractivity contribution in [3.8, 4) is 0 Å². The monoisotopic (exact) mass is 357 g/mol. The predicted molar refractivity (Wildman–Crippen MR) is 103 cm³/mol. The third kappa shape index (κ3) is 4.44. The van der Waals surface area contributed by atoms with Gasteiger partial charge in [0.2, 0.25) is 5.91 Å². The van der Waals surface area contributed by atoms with Crippen LogP contribution < -0.4 is 0 Å². The second-order valence-corrected chi connectivity index (χ2v) is 8.13. The molecule has 1 aromatic carbocycles. The van der Waals surface area contributed by atoms with E-state index in [-0.39, 0.29) is 11.8 Å². The van der Waals surface area contributed by atoms with Crippen LogP contribution in [-0.2, 0) is 4.79 Å². The molecule has 26 heavy (non-hydrogen) atoms. The van der Waals surface area contributed by atoms with Crippen LogP contribution in [0.25, 0.3) is 0 Å². The molecule has 5 nitrogen and oxygen atoms in total. The fourth-order valence-corrected chi connectivity index (χ4v) is 4.25. The molecule has 142 valence electrons. The molecular weight excluding hydrogens is 326 g/mol. The highest BCUT2D eigenvalue weighted by Crippen LogP contribution is 2.21. The summed E-state index contributed by atoms with van der Waals surface area (Å²) in [7, 11) is 0. The molecule has 2 aliphatic heterocycles. The Bertz CT molecular complexity index is 642. The molecule has 2 heterocycles. The van der Waals surface area contributed by atoms with Gasteiger partial charge in [0.15, 0.2) is 0 Å². The van der Waals surface area contributed by atoms with E-state index < -0.39 is 0 Å². The van der Waals surface area contributed by atoms with Crippen molar-refractivity contribution in [2.75, 3.05) is 45.8 Å². The lowest BCUT2D eigenvalue weighted by molar-refractivity contribution is -0.135. The minimum absolute atomic E-state index is 0.104. The first-order valence-corrected chi connectivity index (χ1v) is 9.79. The molecule has 2 aliphatic rings. The van der Waals surface area contributed by atoms with E-state index in [9.17, 15) is 9.59 Å². The number of piperazine rings is 1. The maximum atomic E-state index is 12.7. The highest BCUT2D eigenvalue weighted by molar-refractivity contribution is 5.95. The summed E-state index contributed by atoms with van der Waals surface area (Å²) in [5.41, 5.74) is 1.80. The number of piperidine rings is 1. The first-order valence-electron chi connectivity index (χ1n) is 9.79. The molecule has 2 atom stereocenters. The lowest BCUT2D eigenvalue weighted by atomic mass is 9.92. The quantitative estimate of drug-likeness (QED) is 0.833. The number of nitrogens with zero attached hydrogens (tertiary/aromatic N) is 3. The van der Waals surface area contributed by atoms with Gasteiger partial charge in [0, 0.05) is 44.8 Å². The Kier molecular flexibility index (Phi) is 5.97. The van der Waals surface area contributed by atoms with Crippen LogP contribution in [0.3, 0.4) is 0 Å². The summed E-state index contributed by atoms with van der Waals surface area (Å²) in [5.74, 6) is 1.52. The minimum atomic E-state index is 0.104. The van der Waals surface area contributed by atoms with Crippen molar-refractivity contribution in [2.45, 2.75) is 27.2 Å². The first kappa shape index (κ1) is 18.9. The van der Waals surface area contributed by atoms with Gasteiger partial charge < -0.3 is 9.80 Å². The highest BCUT2D eigenvalue weighted by atomic mass is 16.2. The van der Waals surface area contributed by atoms with E-state index in [1.54, 1.807) is 0 Å². The molecule has 2 saturated heterocycles. The van der Waals surface area contributed by atoms with Crippen molar-refractivity contribution in [2.24, 2.45) is 11.8 Å². The third-order valence-corrected chi connectivity index (χ3v) is 5.62. The fraction of sp³-hybridized carbons (Fsp3) is 0.619. The fourth-order valence-electron chi connectivity index (χ4n) is 4.25. The maximum Gasteiger partial charge on any atom is 0.254 e. The Labute approximate surface area is 156 Å². The average molecular weight is 357 g/mol. The summed E-state index contributed by atoms with van der Waals surface area (Å²) in [6.07, 6.45) is 1.21. The van der Waals surface area contributed by atoms with Crippen LogP contribution in [0, 0.1) is 18.8 Å². The van der Waals surface area contributed by atoms with E-state index in [2.05, 4.69) is 18.7 Å². The summed E-state index contributed by atoms with van der Waals surface area (Å²) in [6.45, 7) is 11.6. The molecule has 2 amide bonds. The van der Waals surface area contributed by atoms with Gasteiger partial charge >= 0.3 is 0 Å². The molecule has 0 bridgehead atoms. The molecule has 1 aromatic rings. The molecular formula is C21H31N3O2. The van der Waals surface area contributed by atoms with Gasteiger partial charge in [-0.05, 0) is 36.8 Å². The zero-order chi connectivity index (χ0) is 18.7. The first-order chi connectivity index (χ1) is 12.4. The second kappa shape index (κ2) is 8.21. The second-order valence-electron chi connectivity index (χ2n) is 8.13. The molecule has 3 rings (SSSR count). The standard InChI is InChI=1S/C21H31N3O2/c1-16-12-17(2)14-24(13-16)20(25)15-22-8-10-23(11-9-22)21(26)19-7-5-4-6-18(19)3/h4-7,16-17H,8-15H2,1-3H3. The number of hydrogen-bond acceptors (Lipinski definition) is 3. The molecule has 0 spiro atoms. The normalized spacial score (nSPS) is 24.6. The smallest absolute Gasteiger partial charge is 0.254 e. The van der Waals surface area contributed by atoms with Crippen LogP contribution in [0.5, 0.6) is 0 Å². The Morgan fingerprint density at radius 1 is 0.962 bits per heavy atom. The van der Waals surface area contributed by atoms with Crippen molar-refractivity contribution in [1.82, 2.24) is 14.7 Å². The van der Waals surface area contributed by atoms with Gasteiger partial charge in [0.1, 0.15) is 0 Å². The molecule has 0 saturated carbocycles. The maximum absolute atomic E-state index is 12.7. The van der Waals surface area contributed by atoms with Crippen molar-refractivity contribution >= 4 is 11.8 Å². The average Bonchev–Trinajstić information content (AvgIpc) is 2.61. The summed E-state index contributed by atoms with van der Waals surface area (Å²) >= 11 is 0. The van der Waals surface area contributed by atoms with Crippen LogP contribution in [0.1, 0.15) is 36.2 Å². The molecule has 0 N–H and O–H groups in total. The van der Waals surface area contributed by atoms with Crippen LogP contribution in [0.15, 0.2) is 24.3 Å². The Hall–Kier alpha value is -1.88. The van der Waals surface area contributed by atoms with Crippen LogP contribution in [0.4, 0.5) is 0 Å². The van der Waals surface area contributed by atoms with E-state index in [0.29, 0.717) is 31.5 Å². The number of benzene rings is 1. The minimum Gasteiger partial charge on any atom is -0.341 e. The van der Waals surface area contributed by atoms with Gasteiger partial charge in [-0.15, -0.1) is 0 Å². The molecule has 2 unspecified atom stereocenters. The zero-order valence-electron chi connectivity index (χ0n) is 16.3. The van der Waals surface area contributed by atoms with Crippen LogP contribution >= 0.6 is 0 Å². The summed E-state index contributed by atoms with van der Waals surface area (Å²) in [6, 6.07) is 7.74. The third-order valence-electron chi connectivity index (χ3n) is 5.62. The molecule has 0 radical (unpaired) electrons. The Balaban J connectivity index is 1.50. The van der Waals surface area contributed by atoms with Gasteiger partial charge in [0.25, 0.3) is 5.91 Å². The molecule has 0 aromatic heterocycles. The van der Waals surface area contributed by atoms with Gasteiger partial charge in [-0.3, -0.25) is 14.5 Å². The summed E-state index contributed by atoms with van der Waals surface area (Å²) in [4.78, 5) is 31.5. The van der Waals surface area contributed by atoms with Gasteiger partial charge in [-0.1, -0.05) is 32.0 Å². The number of carbonyl (C=O) groups is 2. The van der Waals surface area contributed by atoms with E-state index >= 15 is 0 Å². The lowest BCUT2D eigenvalue weighted by Crippen LogP contribution is -2.53. The number of aryl methyl sites for hydroxylation is 1. The molecule has 5 heteroatoms. The molecule has 0 aliphatic carbocycles. The topological polar surface area (TPSA) is 43.9 Å². The van der Waals surface area contributed by atoms with Crippen molar-refractivity contribution < 1.29 is 9.59 Å². The van der Waals surface area contributed by atoms with Crippen molar-refractivity contribution in [1.29, 1.82) is 0 Å². The number of rotatable bonds is 3. The van der Waals surface area contributed by atoms with Crippen LogP contribution in [0.2, 0.25) is 0 Å². The van der Waals surface area contributed by atoms with Crippen LogP contribution in [-0.4, -0.2) is 72.3 Å².